The molecule has 0 bridgehead atoms. The van der Waals surface area contributed by atoms with Crippen LogP contribution in [0.15, 0.2) is 0 Å². The Morgan fingerprint density at radius 3 is 2.69 bits per heavy atom. The van der Waals surface area contributed by atoms with Crippen molar-refractivity contribution >= 4 is 0 Å². The zero-order valence-electron chi connectivity index (χ0n) is 10.6. The summed E-state index contributed by atoms with van der Waals surface area (Å²) in [5.74, 6) is 1.31. The number of hydrogen-bond acceptors (Lipinski definition) is 3. The number of nitrogens with one attached hydrogen (secondary N) is 1. The van der Waals surface area contributed by atoms with E-state index in [0.29, 0.717) is 12.5 Å². The summed E-state index contributed by atoms with van der Waals surface area (Å²) < 4.78 is 4.99. The van der Waals surface area contributed by atoms with Gasteiger partial charge in [-0.2, -0.15) is 0 Å². The van der Waals surface area contributed by atoms with Crippen LogP contribution in [0.25, 0.3) is 0 Å². The molecule has 3 heteroatoms. The quantitative estimate of drug-likeness (QED) is 0.592. The Bertz CT molecular complexity index is 158. The predicted octanol–water partition coefficient (Wildman–Crippen LogP) is 1.80. The number of aliphatic hydroxyl groups excluding tert-OH is 1. The third kappa shape index (κ3) is 5.28. The smallest absolute Gasteiger partial charge is 0.0474 e. The molecule has 0 saturated heterocycles. The number of hydrogen-bond donors (Lipinski definition) is 2. The molecule has 0 heterocycles. The molecule has 1 atom stereocenters. The first-order chi connectivity index (χ1) is 7.88. The third-order valence-corrected chi connectivity index (χ3v) is 3.69. The maximum atomic E-state index is 9.38. The van der Waals surface area contributed by atoms with Gasteiger partial charge in [-0.15, -0.1) is 0 Å². The molecule has 0 aromatic carbocycles. The van der Waals surface area contributed by atoms with Crippen LogP contribution in [-0.4, -0.2) is 38.5 Å². The van der Waals surface area contributed by atoms with Gasteiger partial charge in [0.1, 0.15) is 0 Å². The van der Waals surface area contributed by atoms with Gasteiger partial charge < -0.3 is 15.2 Å². The Labute approximate surface area is 99.6 Å². The average molecular weight is 229 g/mol. The van der Waals surface area contributed by atoms with Crippen LogP contribution in [-0.2, 0) is 4.74 Å². The second-order valence-electron chi connectivity index (χ2n) is 4.87. The lowest BCUT2D eigenvalue weighted by molar-refractivity contribution is 0.166. The second-order valence-corrected chi connectivity index (χ2v) is 4.87. The lowest BCUT2D eigenvalue weighted by Crippen LogP contribution is -2.24. The van der Waals surface area contributed by atoms with Crippen LogP contribution < -0.4 is 5.32 Å². The van der Waals surface area contributed by atoms with E-state index in [-0.39, 0.29) is 0 Å². The first kappa shape index (κ1) is 13.9. The minimum atomic E-state index is 0.365. The fourth-order valence-corrected chi connectivity index (χ4v) is 2.66. The summed E-state index contributed by atoms with van der Waals surface area (Å²) in [6.07, 6.45) is 7.58. The summed E-state index contributed by atoms with van der Waals surface area (Å²) in [6.45, 7) is 3.26. The van der Waals surface area contributed by atoms with E-state index in [4.69, 9.17) is 4.74 Å². The minimum absolute atomic E-state index is 0.365. The highest BCUT2D eigenvalue weighted by Gasteiger charge is 2.23. The number of ether oxygens (including phenoxy) is 1. The molecule has 3 nitrogen and oxygen atoms in total. The summed E-state index contributed by atoms with van der Waals surface area (Å²) in [4.78, 5) is 0. The Morgan fingerprint density at radius 1 is 1.31 bits per heavy atom. The van der Waals surface area contributed by atoms with Gasteiger partial charge in [0, 0.05) is 20.3 Å². The van der Waals surface area contributed by atoms with E-state index in [1.807, 2.05) is 0 Å². The zero-order valence-corrected chi connectivity index (χ0v) is 10.6. The van der Waals surface area contributed by atoms with Crippen LogP contribution in [0.2, 0.25) is 0 Å². The Kier molecular flexibility index (Phi) is 7.81. The molecule has 0 aromatic rings. The standard InChI is InChI=1S/C13H27NO2/c1-16-10-4-8-14-9-7-13(11-15)12-5-2-3-6-12/h12-15H,2-11H2,1H3. The van der Waals surface area contributed by atoms with E-state index in [0.717, 1.165) is 38.5 Å². The van der Waals surface area contributed by atoms with Crippen molar-refractivity contribution < 1.29 is 9.84 Å². The molecule has 16 heavy (non-hydrogen) atoms. The highest BCUT2D eigenvalue weighted by molar-refractivity contribution is 4.75. The van der Waals surface area contributed by atoms with Gasteiger partial charge in [0.15, 0.2) is 0 Å². The van der Waals surface area contributed by atoms with Gasteiger partial charge in [0.05, 0.1) is 0 Å². The molecular weight excluding hydrogens is 202 g/mol. The zero-order chi connectivity index (χ0) is 11.6. The molecule has 1 saturated carbocycles. The average Bonchev–Trinajstić information content (AvgIpc) is 2.82. The van der Waals surface area contributed by atoms with E-state index in [2.05, 4.69) is 5.32 Å². The van der Waals surface area contributed by atoms with Gasteiger partial charge in [0.25, 0.3) is 0 Å². The molecule has 1 fully saturated rings. The maximum Gasteiger partial charge on any atom is 0.0474 e. The molecule has 1 aliphatic rings. The fourth-order valence-electron chi connectivity index (χ4n) is 2.66. The van der Waals surface area contributed by atoms with E-state index in [9.17, 15) is 5.11 Å². The van der Waals surface area contributed by atoms with Gasteiger partial charge in [0.2, 0.25) is 0 Å². The molecule has 1 unspecified atom stereocenters. The van der Waals surface area contributed by atoms with Crippen molar-refractivity contribution in [1.82, 2.24) is 5.32 Å². The minimum Gasteiger partial charge on any atom is -0.396 e. The van der Waals surface area contributed by atoms with Gasteiger partial charge in [-0.1, -0.05) is 25.7 Å². The molecular formula is C13H27NO2. The van der Waals surface area contributed by atoms with Crippen LogP contribution in [0.5, 0.6) is 0 Å². The summed E-state index contributed by atoms with van der Waals surface area (Å²) in [6, 6.07) is 0. The van der Waals surface area contributed by atoms with Crippen LogP contribution in [0, 0.1) is 11.8 Å². The van der Waals surface area contributed by atoms with Crippen molar-refractivity contribution in [2.24, 2.45) is 11.8 Å². The first-order valence-corrected chi connectivity index (χ1v) is 6.69. The largest absolute Gasteiger partial charge is 0.396 e. The lowest BCUT2D eigenvalue weighted by atomic mass is 9.89. The topological polar surface area (TPSA) is 41.5 Å². The van der Waals surface area contributed by atoms with Crippen molar-refractivity contribution in [2.45, 2.75) is 38.5 Å². The van der Waals surface area contributed by atoms with Crippen molar-refractivity contribution in [2.75, 3.05) is 33.4 Å². The molecule has 0 amide bonds. The Hall–Kier alpha value is -0.120. The molecule has 0 radical (unpaired) electrons. The van der Waals surface area contributed by atoms with Gasteiger partial charge in [-0.3, -0.25) is 0 Å². The molecule has 0 aliphatic heterocycles. The van der Waals surface area contributed by atoms with Gasteiger partial charge in [-0.25, -0.2) is 0 Å². The van der Waals surface area contributed by atoms with E-state index in [1.54, 1.807) is 7.11 Å². The second kappa shape index (κ2) is 8.97. The highest BCUT2D eigenvalue weighted by Crippen LogP contribution is 2.32. The van der Waals surface area contributed by atoms with Crippen molar-refractivity contribution in [3.8, 4) is 0 Å². The van der Waals surface area contributed by atoms with Gasteiger partial charge in [-0.05, 0) is 37.8 Å². The van der Waals surface area contributed by atoms with Crippen LogP contribution in [0.1, 0.15) is 38.5 Å². The maximum absolute atomic E-state index is 9.38. The third-order valence-electron chi connectivity index (χ3n) is 3.69. The molecule has 0 spiro atoms. The predicted molar refractivity (Wildman–Crippen MR) is 66.5 cm³/mol. The van der Waals surface area contributed by atoms with E-state index >= 15 is 0 Å². The number of rotatable bonds is 9. The van der Waals surface area contributed by atoms with Crippen LogP contribution in [0.3, 0.4) is 0 Å². The van der Waals surface area contributed by atoms with E-state index in [1.165, 1.54) is 25.7 Å². The summed E-state index contributed by atoms with van der Waals surface area (Å²) >= 11 is 0. The molecule has 2 N–H and O–H groups in total. The van der Waals surface area contributed by atoms with Crippen molar-refractivity contribution in [1.29, 1.82) is 0 Å². The molecule has 96 valence electrons. The molecule has 1 aliphatic carbocycles. The Balaban J connectivity index is 2.00. The highest BCUT2D eigenvalue weighted by atomic mass is 16.5. The summed E-state index contributed by atoms with van der Waals surface area (Å²) in [7, 11) is 1.74. The fraction of sp³-hybridized carbons (Fsp3) is 1.00. The monoisotopic (exact) mass is 229 g/mol. The summed E-state index contributed by atoms with van der Waals surface area (Å²) in [5, 5.41) is 12.8. The number of methoxy groups -OCH3 is 1. The summed E-state index contributed by atoms with van der Waals surface area (Å²) in [5.41, 5.74) is 0. The van der Waals surface area contributed by atoms with E-state index < -0.39 is 0 Å². The first-order valence-electron chi connectivity index (χ1n) is 6.69. The SMILES string of the molecule is COCCCNCCC(CO)C1CCCC1. The normalized spacial score (nSPS) is 19.1. The van der Waals surface area contributed by atoms with Crippen molar-refractivity contribution in [3.05, 3.63) is 0 Å². The molecule has 1 rings (SSSR count). The van der Waals surface area contributed by atoms with Crippen LogP contribution >= 0.6 is 0 Å². The molecule has 0 aromatic heterocycles. The lowest BCUT2D eigenvalue weighted by Gasteiger charge is -2.21. The number of aliphatic hydroxyl groups is 1. The van der Waals surface area contributed by atoms with Gasteiger partial charge >= 0.3 is 0 Å². The van der Waals surface area contributed by atoms with Crippen molar-refractivity contribution in [3.63, 3.8) is 0 Å². The Morgan fingerprint density at radius 2 is 2.06 bits per heavy atom. The van der Waals surface area contributed by atoms with Crippen LogP contribution in [0.4, 0.5) is 0 Å².